The summed E-state index contributed by atoms with van der Waals surface area (Å²) in [5, 5.41) is 15.0. The molecule has 0 aliphatic carbocycles. The van der Waals surface area contributed by atoms with E-state index in [1.54, 1.807) is 55.6 Å². The number of aromatic nitrogens is 5. The minimum Gasteiger partial charge on any atom is -0.324 e. The van der Waals surface area contributed by atoms with Crippen LogP contribution < -0.4 is 5.32 Å². The average Bonchev–Trinajstić information content (AvgIpc) is 3.41. The van der Waals surface area contributed by atoms with Gasteiger partial charge in [-0.05, 0) is 30.7 Å². The summed E-state index contributed by atoms with van der Waals surface area (Å²) in [5.41, 5.74) is 2.08. The Morgan fingerprint density at radius 3 is 2.47 bits per heavy atom. The Bertz CT molecular complexity index is 1260. The minimum absolute atomic E-state index is 0.141. The van der Waals surface area contributed by atoms with Gasteiger partial charge in [-0.3, -0.25) is 4.79 Å². The van der Waals surface area contributed by atoms with Crippen LogP contribution in [0.4, 0.5) is 18.9 Å². The highest BCUT2D eigenvalue weighted by molar-refractivity contribution is 5.91. The zero-order valence-electron chi connectivity index (χ0n) is 17.3. The Morgan fingerprint density at radius 1 is 1.09 bits per heavy atom. The van der Waals surface area contributed by atoms with Crippen LogP contribution in [0.15, 0.2) is 60.9 Å². The first kappa shape index (κ1) is 21.3. The van der Waals surface area contributed by atoms with E-state index < -0.39 is 11.9 Å². The molecule has 0 saturated carbocycles. The van der Waals surface area contributed by atoms with Gasteiger partial charge < -0.3 is 5.32 Å². The summed E-state index contributed by atoms with van der Waals surface area (Å²) in [6, 6.07) is 13.6. The number of alkyl halides is 3. The van der Waals surface area contributed by atoms with E-state index in [4.69, 9.17) is 0 Å². The largest absolute Gasteiger partial charge is 0.433 e. The molecule has 1 amide bonds. The summed E-state index contributed by atoms with van der Waals surface area (Å²) in [6.45, 7) is 3.07. The molecule has 1 N–H and O–H groups in total. The molecule has 0 saturated heterocycles. The molecule has 2 heterocycles. The van der Waals surface area contributed by atoms with Crippen LogP contribution in [0.2, 0.25) is 0 Å². The highest BCUT2D eigenvalue weighted by Crippen LogP contribution is 2.34. The van der Waals surface area contributed by atoms with Gasteiger partial charge in [-0.15, -0.1) is 5.10 Å². The maximum absolute atomic E-state index is 13.5. The molecule has 0 radical (unpaired) electrons. The molecular formula is C22H19F3N6O. The number of hydrogen-bond acceptors (Lipinski definition) is 4. The molecule has 0 bridgehead atoms. The third-order valence-corrected chi connectivity index (χ3v) is 4.86. The van der Waals surface area contributed by atoms with Gasteiger partial charge in [-0.1, -0.05) is 36.4 Å². The van der Waals surface area contributed by atoms with Gasteiger partial charge in [0.25, 0.3) is 0 Å². The van der Waals surface area contributed by atoms with E-state index in [2.05, 4.69) is 20.7 Å². The van der Waals surface area contributed by atoms with Gasteiger partial charge >= 0.3 is 6.18 Å². The second-order valence-corrected chi connectivity index (χ2v) is 7.08. The quantitative estimate of drug-likeness (QED) is 0.490. The molecule has 32 heavy (non-hydrogen) atoms. The maximum Gasteiger partial charge on any atom is 0.433 e. The summed E-state index contributed by atoms with van der Waals surface area (Å²) >= 11 is 0. The highest BCUT2D eigenvalue weighted by Gasteiger charge is 2.38. The molecule has 10 heteroatoms. The van der Waals surface area contributed by atoms with Crippen LogP contribution in [0.3, 0.4) is 0 Å². The molecular weight excluding hydrogens is 421 g/mol. The van der Waals surface area contributed by atoms with Crippen molar-refractivity contribution in [3.8, 4) is 22.6 Å². The number of carbonyl (C=O) groups excluding carboxylic acids is 1. The Kier molecular flexibility index (Phi) is 5.52. The van der Waals surface area contributed by atoms with Crippen LogP contribution in [0.25, 0.3) is 22.6 Å². The van der Waals surface area contributed by atoms with Crippen LogP contribution >= 0.6 is 0 Å². The summed E-state index contributed by atoms with van der Waals surface area (Å²) in [5.74, 6) is -0.212. The van der Waals surface area contributed by atoms with Crippen molar-refractivity contribution < 1.29 is 18.0 Å². The van der Waals surface area contributed by atoms with Gasteiger partial charge in [0, 0.05) is 18.1 Å². The number of rotatable bonds is 5. The fourth-order valence-electron chi connectivity index (χ4n) is 3.39. The van der Waals surface area contributed by atoms with Gasteiger partial charge in [0.2, 0.25) is 5.91 Å². The third kappa shape index (κ3) is 4.11. The number of anilines is 1. The van der Waals surface area contributed by atoms with E-state index in [0.717, 1.165) is 4.68 Å². The number of aryl methyl sites for hydroxylation is 1. The first-order chi connectivity index (χ1) is 15.3. The molecule has 4 aromatic rings. The van der Waals surface area contributed by atoms with Crippen molar-refractivity contribution in [1.29, 1.82) is 0 Å². The Balaban J connectivity index is 1.65. The van der Waals surface area contributed by atoms with Crippen molar-refractivity contribution in [1.82, 2.24) is 24.8 Å². The number of benzene rings is 2. The zero-order chi connectivity index (χ0) is 22.9. The van der Waals surface area contributed by atoms with Crippen LogP contribution in [0.5, 0.6) is 0 Å². The van der Waals surface area contributed by atoms with E-state index >= 15 is 0 Å². The van der Waals surface area contributed by atoms with Crippen molar-refractivity contribution in [3.63, 3.8) is 0 Å². The molecule has 0 aliphatic heterocycles. The SMILES string of the molecule is CCc1cnn(-c2ccc(-c3cn(-c4ccccc4NC(C)=O)nn3)cc2)c1C(F)(F)F. The fourth-order valence-corrected chi connectivity index (χ4v) is 3.39. The van der Waals surface area contributed by atoms with Gasteiger partial charge in [0.1, 0.15) is 5.69 Å². The van der Waals surface area contributed by atoms with Crippen LogP contribution in [-0.4, -0.2) is 30.7 Å². The Morgan fingerprint density at radius 2 is 1.81 bits per heavy atom. The lowest BCUT2D eigenvalue weighted by atomic mass is 10.1. The lowest BCUT2D eigenvalue weighted by molar-refractivity contribution is -0.143. The van der Waals surface area contributed by atoms with Gasteiger partial charge in [0.05, 0.1) is 29.5 Å². The molecule has 2 aromatic heterocycles. The van der Waals surface area contributed by atoms with Crippen LogP contribution in [0.1, 0.15) is 25.1 Å². The number of hydrogen-bond donors (Lipinski definition) is 1. The number of para-hydroxylation sites is 2. The van der Waals surface area contributed by atoms with Crippen molar-refractivity contribution in [2.75, 3.05) is 5.32 Å². The molecule has 4 rings (SSSR count). The number of amides is 1. The second-order valence-electron chi connectivity index (χ2n) is 7.08. The average molecular weight is 440 g/mol. The van der Waals surface area contributed by atoms with E-state index in [1.165, 1.54) is 17.8 Å². The van der Waals surface area contributed by atoms with Crippen LogP contribution in [-0.2, 0) is 17.4 Å². The summed E-state index contributed by atoms with van der Waals surface area (Å²) in [4.78, 5) is 11.4. The minimum atomic E-state index is -4.51. The second kappa shape index (κ2) is 8.29. The first-order valence-electron chi connectivity index (χ1n) is 9.82. The van der Waals surface area contributed by atoms with Gasteiger partial charge in [-0.2, -0.15) is 18.3 Å². The summed E-state index contributed by atoms with van der Waals surface area (Å²) < 4.78 is 43.0. The van der Waals surface area contributed by atoms with E-state index in [1.807, 2.05) is 6.07 Å². The van der Waals surface area contributed by atoms with E-state index in [9.17, 15) is 18.0 Å². The van der Waals surface area contributed by atoms with Crippen LogP contribution in [0, 0.1) is 0 Å². The third-order valence-electron chi connectivity index (χ3n) is 4.86. The predicted octanol–water partition coefficient (Wildman–Crippen LogP) is 4.66. The van der Waals surface area contributed by atoms with Gasteiger partial charge in [0.15, 0.2) is 5.69 Å². The lowest BCUT2D eigenvalue weighted by Gasteiger charge is -2.12. The summed E-state index contributed by atoms with van der Waals surface area (Å²) in [7, 11) is 0. The van der Waals surface area contributed by atoms with Crippen molar-refractivity contribution in [3.05, 3.63) is 72.2 Å². The fraction of sp³-hybridized carbons (Fsp3) is 0.182. The molecule has 0 unspecified atom stereocenters. The first-order valence-corrected chi connectivity index (χ1v) is 9.82. The van der Waals surface area contributed by atoms with Crippen molar-refractivity contribution >= 4 is 11.6 Å². The molecule has 7 nitrogen and oxygen atoms in total. The molecule has 2 aromatic carbocycles. The number of halogens is 3. The number of nitrogens with one attached hydrogen (secondary N) is 1. The molecule has 0 spiro atoms. The number of nitrogens with zero attached hydrogens (tertiary/aromatic N) is 5. The summed E-state index contributed by atoms with van der Waals surface area (Å²) in [6.07, 6.45) is -1.35. The topological polar surface area (TPSA) is 77.6 Å². The smallest absolute Gasteiger partial charge is 0.324 e. The normalized spacial score (nSPS) is 11.5. The monoisotopic (exact) mass is 440 g/mol. The Labute approximate surface area is 181 Å². The maximum atomic E-state index is 13.5. The standard InChI is InChI=1S/C22H19F3N6O/c1-3-15-12-26-31(21(15)22(23,24)25)17-10-8-16(9-11-17)19-13-30(29-28-19)20-7-5-4-6-18(20)27-14(2)32/h4-13H,3H2,1-2H3,(H,27,32). The van der Waals surface area contributed by atoms with E-state index in [0.29, 0.717) is 28.3 Å². The van der Waals surface area contributed by atoms with Gasteiger partial charge in [-0.25, -0.2) is 9.36 Å². The van der Waals surface area contributed by atoms with E-state index in [-0.39, 0.29) is 17.9 Å². The van der Waals surface area contributed by atoms with Crippen molar-refractivity contribution in [2.24, 2.45) is 0 Å². The Hall–Kier alpha value is -3.95. The zero-order valence-corrected chi connectivity index (χ0v) is 17.3. The molecule has 0 aliphatic rings. The number of carbonyl (C=O) groups is 1. The van der Waals surface area contributed by atoms with Crippen molar-refractivity contribution in [2.45, 2.75) is 26.4 Å². The molecule has 0 atom stereocenters. The highest BCUT2D eigenvalue weighted by atomic mass is 19.4. The predicted molar refractivity (Wildman–Crippen MR) is 113 cm³/mol. The molecule has 0 fully saturated rings. The lowest BCUT2D eigenvalue weighted by Crippen LogP contribution is -2.15. The molecule has 164 valence electrons.